The minimum atomic E-state index is -0.677. The first kappa shape index (κ1) is 18.7. The number of benzene rings is 1. The van der Waals surface area contributed by atoms with Crippen molar-refractivity contribution >= 4 is 12.0 Å². The molecule has 0 bridgehead atoms. The summed E-state index contributed by atoms with van der Waals surface area (Å²) >= 11 is 0. The molecule has 2 aliphatic heterocycles. The fourth-order valence-corrected chi connectivity index (χ4v) is 3.91. The number of carbonyl (C=O) groups is 1. The van der Waals surface area contributed by atoms with Crippen LogP contribution in [-0.4, -0.2) is 55.6 Å². The fourth-order valence-electron chi connectivity index (χ4n) is 3.91. The summed E-state index contributed by atoms with van der Waals surface area (Å²) in [6.45, 7) is 4.49. The van der Waals surface area contributed by atoms with Crippen LogP contribution in [0.5, 0.6) is 11.5 Å². The van der Waals surface area contributed by atoms with Crippen molar-refractivity contribution in [2.24, 2.45) is 5.92 Å². The maximum Gasteiger partial charge on any atom is 0.308 e. The quantitative estimate of drug-likeness (QED) is 0.753. The maximum atomic E-state index is 11.5. The number of rotatable bonds is 7. The van der Waals surface area contributed by atoms with Crippen LogP contribution in [0.1, 0.15) is 31.7 Å². The lowest BCUT2D eigenvalue weighted by molar-refractivity contribution is -0.146. The molecule has 0 spiro atoms. The molecule has 1 unspecified atom stereocenters. The molecule has 1 aromatic rings. The zero-order valence-corrected chi connectivity index (χ0v) is 15.4. The molecule has 1 fully saturated rings. The Bertz CT molecular complexity index is 672. The number of methoxy groups -OCH3 is 1. The van der Waals surface area contributed by atoms with Crippen LogP contribution in [0, 0.1) is 5.92 Å². The first-order chi connectivity index (χ1) is 12.6. The van der Waals surface area contributed by atoms with Crippen molar-refractivity contribution in [3.05, 3.63) is 29.3 Å². The van der Waals surface area contributed by atoms with Crippen LogP contribution < -0.4 is 9.47 Å². The molecule has 0 amide bonds. The fraction of sp³-hybridized carbons (Fsp3) is 0.550. The zero-order valence-electron chi connectivity index (χ0n) is 15.4. The average Bonchev–Trinajstić information content (AvgIpc) is 2.66. The Balaban J connectivity index is 1.70. The maximum absolute atomic E-state index is 11.5. The molecule has 0 aliphatic carbocycles. The van der Waals surface area contributed by atoms with Gasteiger partial charge in [0.2, 0.25) is 0 Å². The van der Waals surface area contributed by atoms with Crippen molar-refractivity contribution in [1.82, 2.24) is 4.90 Å². The van der Waals surface area contributed by atoms with Crippen molar-refractivity contribution in [2.75, 3.05) is 33.6 Å². The lowest BCUT2D eigenvalue weighted by Gasteiger charge is -2.40. The Labute approximate surface area is 154 Å². The minimum absolute atomic E-state index is 0.0911. The molecule has 0 radical (unpaired) electrons. The molecule has 6 nitrogen and oxygen atoms in total. The molecular weight excluding hydrogens is 334 g/mol. The van der Waals surface area contributed by atoms with E-state index in [0.717, 1.165) is 43.7 Å². The number of carboxylic acids is 1. The number of likely N-dealkylation sites (tertiary alicyclic amines) is 1. The van der Waals surface area contributed by atoms with Crippen molar-refractivity contribution in [3.8, 4) is 11.5 Å². The molecule has 0 saturated carbocycles. The summed E-state index contributed by atoms with van der Waals surface area (Å²) in [6.07, 6.45) is 4.70. The van der Waals surface area contributed by atoms with Gasteiger partial charge in [-0.25, -0.2) is 0 Å². The van der Waals surface area contributed by atoms with Gasteiger partial charge in [-0.2, -0.15) is 0 Å². The van der Waals surface area contributed by atoms with Gasteiger partial charge in [-0.3, -0.25) is 9.69 Å². The summed E-state index contributed by atoms with van der Waals surface area (Å²) in [5.74, 6) is 0.571. The Morgan fingerprint density at radius 1 is 1.42 bits per heavy atom. The van der Waals surface area contributed by atoms with E-state index < -0.39 is 5.97 Å². The summed E-state index contributed by atoms with van der Waals surface area (Å²) in [5.41, 5.74) is 2.20. The van der Waals surface area contributed by atoms with E-state index in [9.17, 15) is 9.90 Å². The predicted molar refractivity (Wildman–Crippen MR) is 98.4 cm³/mol. The van der Waals surface area contributed by atoms with Crippen molar-refractivity contribution in [2.45, 2.75) is 32.2 Å². The molecule has 1 aromatic carbocycles. The first-order valence-corrected chi connectivity index (χ1v) is 9.17. The summed E-state index contributed by atoms with van der Waals surface area (Å²) in [7, 11) is 1.59. The lowest BCUT2D eigenvalue weighted by Crippen LogP contribution is -2.48. The van der Waals surface area contributed by atoms with E-state index in [1.165, 1.54) is 5.57 Å². The number of ether oxygens (including phenoxy) is 3. The highest BCUT2D eigenvalue weighted by Gasteiger charge is 2.35. The van der Waals surface area contributed by atoms with E-state index >= 15 is 0 Å². The van der Waals surface area contributed by atoms with Crippen LogP contribution in [0.2, 0.25) is 0 Å². The average molecular weight is 361 g/mol. The van der Waals surface area contributed by atoms with Crippen LogP contribution in [0.3, 0.4) is 0 Å². The SMILES string of the molecule is CCC1[C@H](C(=O)O)CCCN1CC1=Cc2ccc(OCOC)cc2OC1. The number of hydrogen-bond acceptors (Lipinski definition) is 5. The minimum Gasteiger partial charge on any atom is -0.488 e. The number of aliphatic carboxylic acids is 1. The third-order valence-corrected chi connectivity index (χ3v) is 5.14. The van der Waals surface area contributed by atoms with Gasteiger partial charge in [-0.05, 0) is 49.6 Å². The van der Waals surface area contributed by atoms with E-state index in [-0.39, 0.29) is 18.8 Å². The van der Waals surface area contributed by atoms with Crippen LogP contribution in [0.15, 0.2) is 23.8 Å². The predicted octanol–water partition coefficient (Wildman–Crippen LogP) is 3.02. The Hall–Kier alpha value is -2.05. The molecule has 1 N–H and O–H groups in total. The molecule has 2 atom stereocenters. The van der Waals surface area contributed by atoms with Gasteiger partial charge in [-0.15, -0.1) is 0 Å². The van der Waals surface area contributed by atoms with Crippen molar-refractivity contribution < 1.29 is 24.1 Å². The number of piperidine rings is 1. The van der Waals surface area contributed by atoms with Crippen LogP contribution >= 0.6 is 0 Å². The van der Waals surface area contributed by atoms with Gasteiger partial charge >= 0.3 is 5.97 Å². The summed E-state index contributed by atoms with van der Waals surface area (Å²) in [4.78, 5) is 13.8. The van der Waals surface area contributed by atoms with E-state index in [2.05, 4.69) is 17.9 Å². The second-order valence-corrected chi connectivity index (χ2v) is 6.87. The normalized spacial score (nSPS) is 22.9. The van der Waals surface area contributed by atoms with Gasteiger partial charge in [0.25, 0.3) is 0 Å². The number of hydrogen-bond donors (Lipinski definition) is 1. The zero-order chi connectivity index (χ0) is 18.5. The topological polar surface area (TPSA) is 68.2 Å². The third-order valence-electron chi connectivity index (χ3n) is 5.14. The monoisotopic (exact) mass is 361 g/mol. The van der Waals surface area contributed by atoms with Gasteiger partial charge in [0.1, 0.15) is 18.1 Å². The molecule has 142 valence electrons. The second kappa shape index (κ2) is 8.56. The van der Waals surface area contributed by atoms with Crippen molar-refractivity contribution in [1.29, 1.82) is 0 Å². The summed E-state index contributed by atoms with van der Waals surface area (Å²) in [6, 6.07) is 5.84. The lowest BCUT2D eigenvalue weighted by atomic mass is 9.87. The number of carboxylic acid groups (broad SMARTS) is 1. The first-order valence-electron chi connectivity index (χ1n) is 9.17. The Morgan fingerprint density at radius 2 is 2.27 bits per heavy atom. The van der Waals surface area contributed by atoms with Gasteiger partial charge in [0.15, 0.2) is 6.79 Å². The van der Waals surface area contributed by atoms with Crippen LogP contribution in [0.25, 0.3) is 6.08 Å². The van der Waals surface area contributed by atoms with Gasteiger partial charge in [-0.1, -0.05) is 6.92 Å². The Kier molecular flexibility index (Phi) is 6.16. The third kappa shape index (κ3) is 4.19. The van der Waals surface area contributed by atoms with Crippen LogP contribution in [-0.2, 0) is 9.53 Å². The van der Waals surface area contributed by atoms with E-state index in [1.807, 2.05) is 18.2 Å². The molecular formula is C20H27NO5. The van der Waals surface area contributed by atoms with Crippen LogP contribution in [0.4, 0.5) is 0 Å². The smallest absolute Gasteiger partial charge is 0.308 e. The van der Waals surface area contributed by atoms with E-state index in [1.54, 1.807) is 7.11 Å². The molecule has 2 heterocycles. The highest BCUT2D eigenvalue weighted by atomic mass is 16.7. The van der Waals surface area contributed by atoms with E-state index in [0.29, 0.717) is 12.4 Å². The molecule has 6 heteroatoms. The summed E-state index contributed by atoms with van der Waals surface area (Å²) < 4.78 is 16.3. The van der Waals surface area contributed by atoms with Crippen molar-refractivity contribution in [3.63, 3.8) is 0 Å². The Morgan fingerprint density at radius 3 is 3.00 bits per heavy atom. The molecule has 3 rings (SSSR count). The standard InChI is InChI=1S/C20H27NO5/c1-3-18-17(20(22)23)5-4-8-21(18)11-14-9-15-6-7-16(26-13-24-2)10-19(15)25-12-14/h6-7,9-10,17-18H,3-5,8,11-13H2,1-2H3,(H,22,23)/t17-,18?/m1/s1. The van der Waals surface area contributed by atoms with Gasteiger partial charge < -0.3 is 19.3 Å². The highest BCUT2D eigenvalue weighted by Crippen LogP contribution is 2.32. The molecule has 0 aromatic heterocycles. The largest absolute Gasteiger partial charge is 0.488 e. The van der Waals surface area contributed by atoms with Gasteiger partial charge in [0.05, 0.1) is 5.92 Å². The number of nitrogens with zero attached hydrogens (tertiary/aromatic N) is 1. The number of fused-ring (bicyclic) bond motifs is 1. The molecule has 2 aliphatic rings. The highest BCUT2D eigenvalue weighted by molar-refractivity contribution is 5.71. The molecule has 26 heavy (non-hydrogen) atoms. The second-order valence-electron chi connectivity index (χ2n) is 6.87. The molecule has 1 saturated heterocycles. The van der Waals surface area contributed by atoms with Gasteiger partial charge in [0, 0.05) is 31.3 Å². The summed E-state index contributed by atoms with van der Waals surface area (Å²) in [5, 5.41) is 9.49. The van der Waals surface area contributed by atoms with E-state index in [4.69, 9.17) is 14.2 Å².